The lowest BCUT2D eigenvalue weighted by atomic mass is 10.2. The Labute approximate surface area is 93.9 Å². The molecule has 0 aromatic carbocycles. The fourth-order valence-corrected chi connectivity index (χ4v) is 2.12. The Balaban J connectivity index is 1.90. The minimum absolute atomic E-state index is 0.263. The third-order valence-corrected chi connectivity index (χ3v) is 3.11. The molecule has 0 aliphatic carbocycles. The number of hydrogen-bond donors (Lipinski definition) is 1. The van der Waals surface area contributed by atoms with Crippen LogP contribution in [0.2, 0.25) is 0 Å². The lowest BCUT2D eigenvalue weighted by Crippen LogP contribution is -2.17. The number of aryl methyl sites for hydroxylation is 1. The van der Waals surface area contributed by atoms with Crippen molar-refractivity contribution in [2.45, 2.75) is 26.4 Å². The third-order valence-electron chi connectivity index (χ3n) is 2.38. The van der Waals surface area contributed by atoms with Gasteiger partial charge in [-0.05, 0) is 48.4 Å². The molecule has 0 aliphatic heterocycles. The minimum atomic E-state index is 0.263. The molecule has 2 heterocycles. The Morgan fingerprint density at radius 2 is 2.27 bits per heavy atom. The highest BCUT2D eigenvalue weighted by Crippen LogP contribution is 2.16. The van der Waals surface area contributed by atoms with Gasteiger partial charge in [-0.1, -0.05) is 0 Å². The fourth-order valence-electron chi connectivity index (χ4n) is 1.45. The maximum absolute atomic E-state index is 5.56. The molecule has 80 valence electrons. The zero-order valence-corrected chi connectivity index (χ0v) is 9.80. The molecular formula is C12H15NOS. The van der Waals surface area contributed by atoms with Gasteiger partial charge in [0.25, 0.3) is 0 Å². The summed E-state index contributed by atoms with van der Waals surface area (Å²) in [5.74, 6) is 1.97. The zero-order chi connectivity index (χ0) is 10.7. The van der Waals surface area contributed by atoms with E-state index in [-0.39, 0.29) is 6.04 Å². The van der Waals surface area contributed by atoms with Gasteiger partial charge in [0.15, 0.2) is 0 Å². The SMILES string of the molecule is Cc1ccc(C(C)NCc2ccsc2)o1. The van der Waals surface area contributed by atoms with E-state index in [1.807, 2.05) is 19.1 Å². The largest absolute Gasteiger partial charge is 0.465 e. The quantitative estimate of drug-likeness (QED) is 0.854. The van der Waals surface area contributed by atoms with E-state index < -0.39 is 0 Å². The molecule has 0 bridgehead atoms. The summed E-state index contributed by atoms with van der Waals surface area (Å²) in [4.78, 5) is 0. The molecule has 2 aromatic rings. The predicted molar refractivity (Wildman–Crippen MR) is 63.0 cm³/mol. The lowest BCUT2D eigenvalue weighted by Gasteiger charge is -2.10. The second-order valence-corrected chi connectivity index (χ2v) is 4.46. The standard InChI is InChI=1S/C12H15NOS/c1-9-3-4-12(14-9)10(2)13-7-11-5-6-15-8-11/h3-6,8,10,13H,7H2,1-2H3. The van der Waals surface area contributed by atoms with Gasteiger partial charge in [0.2, 0.25) is 0 Å². The summed E-state index contributed by atoms with van der Waals surface area (Å²) in [5, 5.41) is 7.68. The smallest absolute Gasteiger partial charge is 0.120 e. The zero-order valence-electron chi connectivity index (χ0n) is 8.99. The Kier molecular flexibility index (Phi) is 3.23. The van der Waals surface area contributed by atoms with Crippen molar-refractivity contribution in [3.8, 4) is 0 Å². The van der Waals surface area contributed by atoms with Crippen molar-refractivity contribution < 1.29 is 4.42 Å². The van der Waals surface area contributed by atoms with Gasteiger partial charge in [0.05, 0.1) is 6.04 Å². The molecule has 0 aliphatic rings. The summed E-state index contributed by atoms with van der Waals surface area (Å²) in [6, 6.07) is 6.43. The van der Waals surface area contributed by atoms with Crippen molar-refractivity contribution >= 4 is 11.3 Å². The van der Waals surface area contributed by atoms with Crippen LogP contribution in [-0.2, 0) is 6.54 Å². The second-order valence-electron chi connectivity index (χ2n) is 3.68. The van der Waals surface area contributed by atoms with E-state index in [9.17, 15) is 0 Å². The monoisotopic (exact) mass is 221 g/mol. The molecule has 0 spiro atoms. The molecule has 0 radical (unpaired) electrons. The number of furan rings is 1. The van der Waals surface area contributed by atoms with Gasteiger partial charge in [-0.15, -0.1) is 0 Å². The Morgan fingerprint density at radius 1 is 1.40 bits per heavy atom. The van der Waals surface area contributed by atoms with Gasteiger partial charge >= 0.3 is 0 Å². The van der Waals surface area contributed by atoms with E-state index in [0.717, 1.165) is 18.1 Å². The van der Waals surface area contributed by atoms with Crippen molar-refractivity contribution in [1.82, 2.24) is 5.32 Å². The van der Waals surface area contributed by atoms with Crippen LogP contribution in [0.5, 0.6) is 0 Å². The van der Waals surface area contributed by atoms with Crippen LogP contribution in [0.15, 0.2) is 33.4 Å². The summed E-state index contributed by atoms with van der Waals surface area (Å²) in [6.07, 6.45) is 0. The average Bonchev–Trinajstić information content (AvgIpc) is 2.84. The minimum Gasteiger partial charge on any atom is -0.465 e. The van der Waals surface area contributed by atoms with Gasteiger partial charge in [-0.2, -0.15) is 11.3 Å². The predicted octanol–water partition coefficient (Wildman–Crippen LogP) is 3.50. The molecule has 3 heteroatoms. The summed E-state index contributed by atoms with van der Waals surface area (Å²) in [6.45, 7) is 4.98. The van der Waals surface area contributed by atoms with Crippen LogP contribution in [0.4, 0.5) is 0 Å². The average molecular weight is 221 g/mol. The van der Waals surface area contributed by atoms with Crippen molar-refractivity contribution in [2.75, 3.05) is 0 Å². The molecule has 2 nitrogen and oxygen atoms in total. The number of thiophene rings is 1. The number of rotatable bonds is 4. The summed E-state index contributed by atoms with van der Waals surface area (Å²) < 4.78 is 5.56. The van der Waals surface area contributed by atoms with Gasteiger partial charge in [-0.25, -0.2) is 0 Å². The Morgan fingerprint density at radius 3 is 2.87 bits per heavy atom. The summed E-state index contributed by atoms with van der Waals surface area (Å²) >= 11 is 1.73. The van der Waals surface area contributed by atoms with Crippen LogP contribution in [0.3, 0.4) is 0 Å². The number of nitrogens with one attached hydrogen (secondary N) is 1. The second kappa shape index (κ2) is 4.64. The maximum atomic E-state index is 5.56. The first-order valence-corrected chi connectivity index (χ1v) is 6.01. The van der Waals surface area contributed by atoms with Crippen LogP contribution in [-0.4, -0.2) is 0 Å². The highest BCUT2D eigenvalue weighted by atomic mass is 32.1. The van der Waals surface area contributed by atoms with E-state index in [4.69, 9.17) is 4.42 Å². The van der Waals surface area contributed by atoms with Gasteiger partial charge in [0, 0.05) is 6.54 Å². The van der Waals surface area contributed by atoms with Crippen LogP contribution < -0.4 is 5.32 Å². The van der Waals surface area contributed by atoms with Gasteiger partial charge in [-0.3, -0.25) is 0 Å². The summed E-state index contributed by atoms with van der Waals surface area (Å²) in [7, 11) is 0. The van der Waals surface area contributed by atoms with Crippen molar-refractivity contribution in [3.63, 3.8) is 0 Å². The first kappa shape index (κ1) is 10.5. The van der Waals surface area contributed by atoms with E-state index >= 15 is 0 Å². The molecule has 1 unspecified atom stereocenters. The van der Waals surface area contributed by atoms with Crippen LogP contribution in [0.25, 0.3) is 0 Å². The van der Waals surface area contributed by atoms with Gasteiger partial charge < -0.3 is 9.73 Å². The van der Waals surface area contributed by atoms with E-state index in [0.29, 0.717) is 0 Å². The molecule has 15 heavy (non-hydrogen) atoms. The highest BCUT2D eigenvalue weighted by molar-refractivity contribution is 7.07. The van der Waals surface area contributed by atoms with E-state index in [1.54, 1.807) is 11.3 Å². The molecule has 0 amide bonds. The topological polar surface area (TPSA) is 25.2 Å². The summed E-state index contributed by atoms with van der Waals surface area (Å²) in [5.41, 5.74) is 1.33. The Hall–Kier alpha value is -1.06. The fraction of sp³-hybridized carbons (Fsp3) is 0.333. The van der Waals surface area contributed by atoms with Crippen LogP contribution >= 0.6 is 11.3 Å². The highest BCUT2D eigenvalue weighted by Gasteiger charge is 2.08. The maximum Gasteiger partial charge on any atom is 0.120 e. The Bertz CT molecular complexity index is 405. The van der Waals surface area contributed by atoms with E-state index in [2.05, 4.69) is 29.1 Å². The molecule has 1 atom stereocenters. The first-order chi connectivity index (χ1) is 7.25. The molecule has 1 N–H and O–H groups in total. The molecule has 2 rings (SSSR count). The first-order valence-electron chi connectivity index (χ1n) is 5.06. The van der Waals surface area contributed by atoms with Crippen LogP contribution in [0, 0.1) is 6.92 Å². The molecule has 0 saturated carbocycles. The third kappa shape index (κ3) is 2.70. The van der Waals surface area contributed by atoms with Gasteiger partial charge in [0.1, 0.15) is 11.5 Å². The van der Waals surface area contributed by atoms with Crippen molar-refractivity contribution in [1.29, 1.82) is 0 Å². The lowest BCUT2D eigenvalue weighted by molar-refractivity contribution is 0.416. The number of hydrogen-bond acceptors (Lipinski definition) is 3. The van der Waals surface area contributed by atoms with Crippen molar-refractivity contribution in [2.24, 2.45) is 0 Å². The molecular weight excluding hydrogens is 206 g/mol. The van der Waals surface area contributed by atoms with Crippen LogP contribution in [0.1, 0.15) is 30.0 Å². The molecule has 0 fully saturated rings. The molecule has 2 aromatic heterocycles. The van der Waals surface area contributed by atoms with E-state index in [1.165, 1.54) is 5.56 Å². The molecule has 0 saturated heterocycles. The normalized spacial score (nSPS) is 12.9. The van der Waals surface area contributed by atoms with Crippen molar-refractivity contribution in [3.05, 3.63) is 46.0 Å².